The maximum absolute atomic E-state index is 13.7. The summed E-state index contributed by atoms with van der Waals surface area (Å²) in [4.78, 5) is 34.8. The zero-order valence-electron chi connectivity index (χ0n) is 21.6. The zero-order valence-corrected chi connectivity index (χ0v) is 23.1. The van der Waals surface area contributed by atoms with Crippen LogP contribution in [-0.2, 0) is 17.8 Å². The molecule has 2 heterocycles. The molecular formula is C30H27Cl2FN4O3. The molecule has 4 aromatic rings. The Balaban J connectivity index is 1.38. The largest absolute Gasteiger partial charge is 0.456 e. The van der Waals surface area contributed by atoms with Crippen LogP contribution in [-0.4, -0.2) is 20.3 Å². The summed E-state index contributed by atoms with van der Waals surface area (Å²) in [5.74, 6) is 0.425. The summed E-state index contributed by atoms with van der Waals surface area (Å²) in [6.07, 6.45) is 7.92. The van der Waals surface area contributed by atoms with Crippen LogP contribution in [0.3, 0.4) is 0 Å². The number of anilines is 2. The molecule has 2 aromatic carbocycles. The van der Waals surface area contributed by atoms with Crippen LogP contribution in [0.25, 0.3) is 0 Å². The van der Waals surface area contributed by atoms with Crippen molar-refractivity contribution in [2.75, 3.05) is 5.32 Å². The molecule has 0 atom stereocenters. The van der Waals surface area contributed by atoms with E-state index in [9.17, 15) is 14.0 Å². The second-order valence-corrected chi connectivity index (χ2v) is 10.6. The standard InChI is InChI=1S/C30H27Cl2FN4O3/c31-22-8-6-19(7-9-22)18-37-29(39)21(14-27(38)20-4-2-1-3-5-20)16-35-30(37)36-23-10-12-24(13-11-23)40-25-15-26(33)28(32)34-17-25/h6-13,15-17,20H,1-5,14,18H2,(H,35,36). The highest BCUT2D eigenvalue weighted by Crippen LogP contribution is 2.27. The Labute approximate surface area is 241 Å². The van der Waals surface area contributed by atoms with Crippen LogP contribution in [0.15, 0.2) is 71.8 Å². The van der Waals surface area contributed by atoms with Gasteiger partial charge in [0.2, 0.25) is 5.95 Å². The molecule has 0 saturated heterocycles. The lowest BCUT2D eigenvalue weighted by Gasteiger charge is -2.20. The maximum Gasteiger partial charge on any atom is 0.258 e. The number of Topliss-reactive ketones (excluding diaryl/α,β-unsaturated/α-hetero) is 1. The molecule has 0 aliphatic heterocycles. The van der Waals surface area contributed by atoms with Gasteiger partial charge in [0.15, 0.2) is 11.0 Å². The summed E-state index contributed by atoms with van der Waals surface area (Å²) in [5.41, 5.74) is 1.62. The SMILES string of the molecule is O=C(Cc1cnc(Nc2ccc(Oc3cnc(Cl)c(F)c3)cc2)n(Cc2ccc(Cl)cc2)c1=O)C1CCCCC1. The van der Waals surface area contributed by atoms with Gasteiger partial charge in [0.1, 0.15) is 17.3 Å². The molecule has 1 N–H and O–H groups in total. The van der Waals surface area contributed by atoms with Crippen molar-refractivity contribution in [1.29, 1.82) is 0 Å². The molecule has 5 rings (SSSR count). The van der Waals surface area contributed by atoms with Crippen molar-refractivity contribution in [3.05, 3.63) is 104 Å². The Morgan fingerprint density at radius 3 is 2.40 bits per heavy atom. The van der Waals surface area contributed by atoms with E-state index in [-0.39, 0.29) is 41.1 Å². The number of nitrogens with zero attached hydrogens (tertiary/aromatic N) is 3. The van der Waals surface area contributed by atoms with Gasteiger partial charge in [-0.15, -0.1) is 0 Å². The summed E-state index contributed by atoms with van der Waals surface area (Å²) < 4.78 is 20.9. The van der Waals surface area contributed by atoms with Gasteiger partial charge in [0.05, 0.1) is 12.7 Å². The number of hydrogen-bond acceptors (Lipinski definition) is 6. The Morgan fingerprint density at radius 1 is 0.975 bits per heavy atom. The highest BCUT2D eigenvalue weighted by atomic mass is 35.5. The van der Waals surface area contributed by atoms with Gasteiger partial charge >= 0.3 is 0 Å². The highest BCUT2D eigenvalue weighted by molar-refractivity contribution is 6.30. The first-order valence-electron chi connectivity index (χ1n) is 13.1. The first kappa shape index (κ1) is 27.8. The molecular weight excluding hydrogens is 554 g/mol. The van der Waals surface area contributed by atoms with Crippen molar-refractivity contribution in [3.63, 3.8) is 0 Å². The van der Waals surface area contributed by atoms with E-state index >= 15 is 0 Å². The normalized spacial score (nSPS) is 13.7. The van der Waals surface area contributed by atoms with Gasteiger partial charge in [-0.25, -0.2) is 14.4 Å². The van der Waals surface area contributed by atoms with Gasteiger partial charge in [-0.3, -0.25) is 14.2 Å². The van der Waals surface area contributed by atoms with Gasteiger partial charge in [-0.1, -0.05) is 54.6 Å². The lowest BCUT2D eigenvalue weighted by molar-refractivity contribution is -0.123. The summed E-state index contributed by atoms with van der Waals surface area (Å²) in [5, 5.41) is 3.56. The van der Waals surface area contributed by atoms with E-state index in [1.54, 1.807) is 36.4 Å². The molecule has 0 amide bonds. The van der Waals surface area contributed by atoms with Gasteiger partial charge in [0, 0.05) is 40.9 Å². The van der Waals surface area contributed by atoms with E-state index < -0.39 is 5.82 Å². The monoisotopic (exact) mass is 580 g/mol. The maximum atomic E-state index is 13.7. The van der Waals surface area contributed by atoms with Gasteiger partial charge in [-0.05, 0) is 54.8 Å². The van der Waals surface area contributed by atoms with Gasteiger partial charge in [0.25, 0.3) is 5.56 Å². The smallest absolute Gasteiger partial charge is 0.258 e. The second-order valence-electron chi connectivity index (χ2n) is 9.80. The minimum atomic E-state index is -0.675. The van der Waals surface area contributed by atoms with Crippen LogP contribution in [0.5, 0.6) is 11.5 Å². The number of pyridine rings is 1. The molecule has 10 heteroatoms. The Bertz CT molecular complexity index is 1550. The average Bonchev–Trinajstić information content (AvgIpc) is 2.96. The van der Waals surface area contributed by atoms with Crippen molar-refractivity contribution in [2.45, 2.75) is 45.1 Å². The van der Waals surface area contributed by atoms with Crippen LogP contribution in [0.2, 0.25) is 10.2 Å². The molecule has 1 saturated carbocycles. The molecule has 0 bridgehead atoms. The van der Waals surface area contributed by atoms with Crippen LogP contribution >= 0.6 is 23.2 Å². The number of ketones is 1. The van der Waals surface area contributed by atoms with Gasteiger partial charge < -0.3 is 10.1 Å². The lowest BCUT2D eigenvalue weighted by Crippen LogP contribution is -2.30. The summed E-state index contributed by atoms with van der Waals surface area (Å²) >= 11 is 11.7. The molecule has 40 heavy (non-hydrogen) atoms. The predicted octanol–water partition coefficient (Wildman–Crippen LogP) is 7.36. The Morgan fingerprint density at radius 2 is 1.70 bits per heavy atom. The van der Waals surface area contributed by atoms with Crippen LogP contribution < -0.4 is 15.6 Å². The van der Waals surface area contributed by atoms with Crippen molar-refractivity contribution in [1.82, 2.24) is 14.5 Å². The minimum Gasteiger partial charge on any atom is -0.456 e. The Hall–Kier alpha value is -3.75. The van der Waals surface area contributed by atoms with E-state index in [1.165, 1.54) is 17.0 Å². The van der Waals surface area contributed by atoms with Crippen molar-refractivity contribution in [3.8, 4) is 11.5 Å². The van der Waals surface area contributed by atoms with Crippen LogP contribution in [0, 0.1) is 11.7 Å². The third kappa shape index (κ3) is 6.87. The van der Waals surface area contributed by atoms with Crippen molar-refractivity contribution < 1.29 is 13.9 Å². The minimum absolute atomic E-state index is 0.0107. The summed E-state index contributed by atoms with van der Waals surface area (Å²) in [6, 6.07) is 15.2. The molecule has 0 radical (unpaired) electrons. The number of carbonyl (C=O) groups is 1. The zero-order chi connectivity index (χ0) is 28.1. The fourth-order valence-electron chi connectivity index (χ4n) is 4.76. The lowest BCUT2D eigenvalue weighted by atomic mass is 9.84. The van der Waals surface area contributed by atoms with Crippen molar-refractivity contribution in [2.24, 2.45) is 5.92 Å². The quantitative estimate of drug-likeness (QED) is 0.208. The summed E-state index contributed by atoms with van der Waals surface area (Å²) in [6.45, 7) is 0.243. The number of hydrogen-bond donors (Lipinski definition) is 1. The summed E-state index contributed by atoms with van der Waals surface area (Å²) in [7, 11) is 0. The van der Waals surface area contributed by atoms with Gasteiger partial charge in [-0.2, -0.15) is 0 Å². The van der Waals surface area contributed by atoms with E-state index in [0.29, 0.717) is 28.0 Å². The van der Waals surface area contributed by atoms with Crippen molar-refractivity contribution >= 4 is 40.6 Å². The third-order valence-electron chi connectivity index (χ3n) is 6.91. The first-order valence-corrected chi connectivity index (χ1v) is 13.8. The number of nitrogens with one attached hydrogen (secondary N) is 1. The third-order valence-corrected chi connectivity index (χ3v) is 7.44. The molecule has 0 spiro atoms. The van der Waals surface area contributed by atoms with E-state index in [2.05, 4.69) is 15.3 Å². The second kappa shape index (κ2) is 12.6. The number of aromatic nitrogens is 3. The van der Waals surface area contributed by atoms with Crippen LogP contribution in [0.1, 0.15) is 43.2 Å². The molecule has 2 aromatic heterocycles. The molecule has 1 fully saturated rings. The fraction of sp³-hybridized carbons (Fsp3) is 0.267. The van der Waals surface area contributed by atoms with E-state index in [4.69, 9.17) is 27.9 Å². The number of benzene rings is 2. The molecule has 1 aliphatic carbocycles. The first-order chi connectivity index (χ1) is 19.4. The van der Waals surface area contributed by atoms with Crippen LogP contribution in [0.4, 0.5) is 16.0 Å². The number of ether oxygens (including phenoxy) is 1. The van der Waals surface area contributed by atoms with E-state index in [1.807, 2.05) is 12.1 Å². The van der Waals surface area contributed by atoms with E-state index in [0.717, 1.165) is 43.7 Å². The topological polar surface area (TPSA) is 86.1 Å². The average molecular weight is 581 g/mol. The number of halogens is 3. The fourth-order valence-corrected chi connectivity index (χ4v) is 4.99. The highest BCUT2D eigenvalue weighted by Gasteiger charge is 2.23. The number of rotatable bonds is 9. The molecule has 0 unspecified atom stereocenters. The molecule has 206 valence electrons. The predicted molar refractivity (Wildman–Crippen MR) is 153 cm³/mol. The molecule has 7 nitrogen and oxygen atoms in total. The number of carbonyl (C=O) groups excluding carboxylic acids is 1. The molecule has 1 aliphatic rings. The Kier molecular flexibility index (Phi) is 8.77.